The normalized spacial score (nSPS) is 14.2. The van der Waals surface area contributed by atoms with Gasteiger partial charge in [0.2, 0.25) is 0 Å². The molecule has 6 nitrogen and oxygen atoms in total. The Bertz CT molecular complexity index is 1270. The minimum atomic E-state index is 0.103. The lowest BCUT2D eigenvalue weighted by atomic mass is 10.2. The number of piperazine rings is 1. The summed E-state index contributed by atoms with van der Waals surface area (Å²) in [6.45, 7) is 7.09. The minimum absolute atomic E-state index is 0.103. The number of hydrogen-bond donors (Lipinski definition) is 0. The van der Waals surface area contributed by atoms with E-state index in [9.17, 15) is 4.79 Å². The van der Waals surface area contributed by atoms with Gasteiger partial charge in [0.25, 0.3) is 5.91 Å². The fourth-order valence-electron chi connectivity index (χ4n) is 4.14. The van der Waals surface area contributed by atoms with Crippen molar-refractivity contribution in [3.05, 3.63) is 70.7 Å². The number of fused-ring (bicyclic) bond motifs is 1. The average Bonchev–Trinajstić information content (AvgIpc) is 3.40. The molecule has 0 atom stereocenters. The first-order valence-corrected chi connectivity index (χ1v) is 11.6. The van der Waals surface area contributed by atoms with Gasteiger partial charge in [-0.1, -0.05) is 23.8 Å². The van der Waals surface area contributed by atoms with Crippen LogP contribution in [0.4, 0.5) is 5.69 Å². The SMILES string of the molecule is COc1cccc(N2CCN(C(=O)c3cc4c(C)nn(-c5ccc(C)cc5)c4s3)CC2)c1. The van der Waals surface area contributed by atoms with Gasteiger partial charge in [-0.05, 0) is 44.2 Å². The quantitative estimate of drug-likeness (QED) is 0.457. The number of nitrogens with zero attached hydrogens (tertiary/aromatic N) is 4. The zero-order valence-electron chi connectivity index (χ0n) is 18.5. The molecule has 7 heteroatoms. The molecule has 1 amide bonds. The first-order chi connectivity index (χ1) is 15.5. The van der Waals surface area contributed by atoms with Crippen LogP contribution in [0.3, 0.4) is 0 Å². The van der Waals surface area contributed by atoms with Crippen molar-refractivity contribution in [2.24, 2.45) is 0 Å². The summed E-state index contributed by atoms with van der Waals surface area (Å²) >= 11 is 1.53. The smallest absolute Gasteiger partial charge is 0.264 e. The number of aromatic nitrogens is 2. The van der Waals surface area contributed by atoms with Gasteiger partial charge in [-0.3, -0.25) is 4.79 Å². The summed E-state index contributed by atoms with van der Waals surface area (Å²) in [5, 5.41) is 5.76. The zero-order chi connectivity index (χ0) is 22.2. The van der Waals surface area contributed by atoms with E-state index < -0.39 is 0 Å². The number of amides is 1. The standard InChI is InChI=1S/C25H26N4O2S/c1-17-7-9-19(10-8-17)29-25-22(18(2)26-29)16-23(32-25)24(30)28-13-11-27(12-14-28)20-5-4-6-21(15-20)31-3/h4-10,15-16H,11-14H2,1-3H3. The molecule has 5 rings (SSSR count). The molecule has 164 valence electrons. The van der Waals surface area contributed by atoms with Crippen molar-refractivity contribution in [1.29, 1.82) is 0 Å². The van der Waals surface area contributed by atoms with Crippen molar-refractivity contribution in [3.63, 3.8) is 0 Å². The van der Waals surface area contributed by atoms with Crippen LogP contribution in [0.1, 0.15) is 20.9 Å². The molecule has 1 aliphatic heterocycles. The molecule has 0 spiro atoms. The highest BCUT2D eigenvalue weighted by Gasteiger charge is 2.25. The maximum atomic E-state index is 13.3. The van der Waals surface area contributed by atoms with Gasteiger partial charge in [0.05, 0.1) is 23.4 Å². The fraction of sp³-hybridized carbons (Fsp3) is 0.280. The van der Waals surface area contributed by atoms with E-state index >= 15 is 0 Å². The molecular formula is C25H26N4O2S. The van der Waals surface area contributed by atoms with E-state index in [1.807, 2.05) is 40.8 Å². The van der Waals surface area contributed by atoms with Crippen LogP contribution in [0.2, 0.25) is 0 Å². The second kappa shape index (κ2) is 8.31. The van der Waals surface area contributed by atoms with Crippen molar-refractivity contribution in [1.82, 2.24) is 14.7 Å². The predicted octanol–water partition coefficient (Wildman–Crippen LogP) is 4.67. The van der Waals surface area contributed by atoms with Crippen molar-refractivity contribution >= 4 is 33.1 Å². The molecule has 1 saturated heterocycles. The molecule has 2 aromatic heterocycles. The molecule has 1 aliphatic rings. The first-order valence-electron chi connectivity index (χ1n) is 10.8. The van der Waals surface area contributed by atoms with Crippen molar-refractivity contribution < 1.29 is 9.53 Å². The monoisotopic (exact) mass is 446 g/mol. The Morgan fingerprint density at radius 1 is 0.969 bits per heavy atom. The maximum Gasteiger partial charge on any atom is 0.264 e. The topological polar surface area (TPSA) is 50.6 Å². The average molecular weight is 447 g/mol. The van der Waals surface area contributed by atoms with Gasteiger partial charge in [-0.25, -0.2) is 4.68 Å². The Balaban J connectivity index is 1.34. The zero-order valence-corrected chi connectivity index (χ0v) is 19.4. The second-order valence-electron chi connectivity index (χ2n) is 8.14. The lowest BCUT2D eigenvalue weighted by Crippen LogP contribution is -2.48. The first kappa shape index (κ1) is 20.6. The Morgan fingerprint density at radius 3 is 2.44 bits per heavy atom. The number of aryl methyl sites for hydroxylation is 2. The van der Waals surface area contributed by atoms with Crippen LogP contribution in [0.15, 0.2) is 54.6 Å². The number of ether oxygens (including phenoxy) is 1. The molecule has 0 saturated carbocycles. The van der Waals surface area contributed by atoms with Gasteiger partial charge in [0.15, 0.2) is 0 Å². The van der Waals surface area contributed by atoms with Crippen molar-refractivity contribution in [2.45, 2.75) is 13.8 Å². The van der Waals surface area contributed by atoms with Gasteiger partial charge in [0.1, 0.15) is 10.6 Å². The highest BCUT2D eigenvalue weighted by atomic mass is 32.1. The van der Waals surface area contributed by atoms with Gasteiger partial charge in [-0.15, -0.1) is 11.3 Å². The van der Waals surface area contributed by atoms with E-state index in [-0.39, 0.29) is 5.91 Å². The van der Waals surface area contributed by atoms with E-state index in [0.29, 0.717) is 13.1 Å². The number of anilines is 1. The summed E-state index contributed by atoms with van der Waals surface area (Å²) < 4.78 is 7.29. The van der Waals surface area contributed by atoms with Crippen molar-refractivity contribution in [3.8, 4) is 11.4 Å². The van der Waals surface area contributed by atoms with Crippen LogP contribution in [0.5, 0.6) is 5.75 Å². The molecule has 3 heterocycles. The number of benzene rings is 2. The molecule has 0 unspecified atom stereocenters. The summed E-state index contributed by atoms with van der Waals surface area (Å²) in [5.74, 6) is 0.954. The summed E-state index contributed by atoms with van der Waals surface area (Å²) in [4.78, 5) is 19.3. The Labute approximate surface area is 191 Å². The van der Waals surface area contributed by atoms with Crippen LogP contribution < -0.4 is 9.64 Å². The molecule has 0 aliphatic carbocycles. The number of rotatable bonds is 4. The molecule has 0 bridgehead atoms. The third-order valence-corrected chi connectivity index (χ3v) is 7.12. The lowest BCUT2D eigenvalue weighted by Gasteiger charge is -2.36. The van der Waals surface area contributed by atoms with Gasteiger partial charge < -0.3 is 14.5 Å². The molecule has 0 N–H and O–H groups in total. The van der Waals surface area contributed by atoms with E-state index in [0.717, 1.165) is 51.0 Å². The van der Waals surface area contributed by atoms with E-state index in [4.69, 9.17) is 9.84 Å². The Hall–Kier alpha value is -3.32. The second-order valence-corrected chi connectivity index (χ2v) is 9.17. The third-order valence-electron chi connectivity index (χ3n) is 6.02. The highest BCUT2D eigenvalue weighted by molar-refractivity contribution is 7.20. The summed E-state index contributed by atoms with van der Waals surface area (Å²) in [6.07, 6.45) is 0. The van der Waals surface area contributed by atoms with E-state index in [2.05, 4.69) is 42.2 Å². The number of carbonyl (C=O) groups is 1. The van der Waals surface area contributed by atoms with Crippen LogP contribution in [-0.4, -0.2) is 53.9 Å². The van der Waals surface area contributed by atoms with Gasteiger partial charge in [0, 0.05) is 43.3 Å². The van der Waals surface area contributed by atoms with Crippen LogP contribution in [0.25, 0.3) is 15.9 Å². The Kier molecular flexibility index (Phi) is 5.35. The van der Waals surface area contributed by atoms with Crippen LogP contribution in [0, 0.1) is 13.8 Å². The molecule has 2 aromatic carbocycles. The van der Waals surface area contributed by atoms with Crippen LogP contribution >= 0.6 is 11.3 Å². The summed E-state index contributed by atoms with van der Waals surface area (Å²) in [5.41, 5.74) is 4.30. The summed E-state index contributed by atoms with van der Waals surface area (Å²) in [7, 11) is 1.68. The van der Waals surface area contributed by atoms with Gasteiger partial charge >= 0.3 is 0 Å². The van der Waals surface area contributed by atoms with E-state index in [1.54, 1.807) is 7.11 Å². The number of thiophene rings is 1. The van der Waals surface area contributed by atoms with E-state index in [1.165, 1.54) is 16.9 Å². The molecule has 0 radical (unpaired) electrons. The lowest BCUT2D eigenvalue weighted by molar-refractivity contribution is 0.0751. The predicted molar refractivity (Wildman–Crippen MR) is 130 cm³/mol. The Morgan fingerprint density at radius 2 is 1.72 bits per heavy atom. The molecule has 32 heavy (non-hydrogen) atoms. The third kappa shape index (κ3) is 3.73. The summed E-state index contributed by atoms with van der Waals surface area (Å²) in [6, 6.07) is 18.4. The van der Waals surface area contributed by atoms with Gasteiger partial charge in [-0.2, -0.15) is 5.10 Å². The minimum Gasteiger partial charge on any atom is -0.497 e. The fourth-order valence-corrected chi connectivity index (χ4v) is 5.30. The van der Waals surface area contributed by atoms with Crippen molar-refractivity contribution in [2.75, 3.05) is 38.2 Å². The largest absolute Gasteiger partial charge is 0.497 e. The molecular weight excluding hydrogens is 420 g/mol. The number of hydrogen-bond acceptors (Lipinski definition) is 5. The maximum absolute atomic E-state index is 13.3. The number of carbonyl (C=O) groups excluding carboxylic acids is 1. The van der Waals surface area contributed by atoms with Crippen LogP contribution in [-0.2, 0) is 0 Å². The molecule has 4 aromatic rings. The highest BCUT2D eigenvalue weighted by Crippen LogP contribution is 2.31. The number of methoxy groups -OCH3 is 1. The molecule has 1 fully saturated rings.